The molecule has 6 heteroatoms. The molecule has 0 atom stereocenters. The Bertz CT molecular complexity index is 798. The predicted molar refractivity (Wildman–Crippen MR) is 80.6 cm³/mol. The van der Waals surface area contributed by atoms with Gasteiger partial charge in [-0.25, -0.2) is 9.37 Å². The second-order valence-corrected chi connectivity index (χ2v) is 5.34. The lowest BCUT2D eigenvalue weighted by atomic mass is 10.2. The molecule has 3 rings (SSSR count). The molecule has 1 aromatic heterocycles. The van der Waals surface area contributed by atoms with Crippen LogP contribution in [0.4, 0.5) is 4.39 Å². The van der Waals surface area contributed by atoms with Gasteiger partial charge in [0.05, 0.1) is 21.9 Å². The Morgan fingerprint density at radius 2 is 1.95 bits per heavy atom. The molecule has 0 saturated heterocycles. The van der Waals surface area contributed by atoms with Crippen molar-refractivity contribution in [3.05, 3.63) is 58.1 Å². The van der Waals surface area contributed by atoms with Gasteiger partial charge < -0.3 is 0 Å². The molecule has 20 heavy (non-hydrogen) atoms. The van der Waals surface area contributed by atoms with E-state index in [4.69, 9.17) is 34.8 Å². The fraction of sp³-hybridized carbons (Fsp3) is 0.0714. The molecule has 0 N–H and O–H groups in total. The smallest absolute Gasteiger partial charge is 0.144 e. The summed E-state index contributed by atoms with van der Waals surface area (Å²) in [7, 11) is 0. The Morgan fingerprint density at radius 1 is 1.15 bits per heavy atom. The van der Waals surface area contributed by atoms with Crippen LogP contribution in [-0.2, 0) is 5.88 Å². The number of alkyl halides is 1. The number of benzene rings is 2. The summed E-state index contributed by atoms with van der Waals surface area (Å²) in [5.41, 5.74) is 1.97. The zero-order valence-electron chi connectivity index (χ0n) is 10.1. The van der Waals surface area contributed by atoms with Gasteiger partial charge in [0.2, 0.25) is 0 Å². The molecular weight excluding hydrogens is 322 g/mol. The summed E-state index contributed by atoms with van der Waals surface area (Å²) >= 11 is 17.7. The van der Waals surface area contributed by atoms with Crippen molar-refractivity contribution in [3.63, 3.8) is 0 Å². The Balaban J connectivity index is 2.35. The van der Waals surface area contributed by atoms with Crippen LogP contribution in [0.3, 0.4) is 0 Å². The van der Waals surface area contributed by atoms with E-state index in [1.165, 1.54) is 12.1 Å². The molecule has 3 aromatic rings. The van der Waals surface area contributed by atoms with Gasteiger partial charge >= 0.3 is 0 Å². The molecule has 0 spiro atoms. The lowest BCUT2D eigenvalue weighted by Gasteiger charge is -2.08. The molecule has 0 unspecified atom stereocenters. The number of aromatic nitrogens is 2. The van der Waals surface area contributed by atoms with Gasteiger partial charge in [0, 0.05) is 16.8 Å². The number of halogens is 4. The summed E-state index contributed by atoms with van der Waals surface area (Å²) in [5.74, 6) is 0.300. The zero-order chi connectivity index (χ0) is 14.3. The average Bonchev–Trinajstić information content (AvgIpc) is 2.77. The van der Waals surface area contributed by atoms with Gasteiger partial charge in [0.1, 0.15) is 11.6 Å². The molecule has 2 aromatic carbocycles. The maximum Gasteiger partial charge on any atom is 0.144 e. The minimum absolute atomic E-state index is 0.0365. The maximum absolute atomic E-state index is 13.7. The first-order valence-electron chi connectivity index (χ1n) is 5.78. The van der Waals surface area contributed by atoms with Crippen LogP contribution >= 0.6 is 34.8 Å². The van der Waals surface area contributed by atoms with Gasteiger partial charge in [0.25, 0.3) is 0 Å². The van der Waals surface area contributed by atoms with Crippen molar-refractivity contribution in [2.75, 3.05) is 0 Å². The van der Waals surface area contributed by atoms with Crippen LogP contribution in [0.15, 0.2) is 36.4 Å². The van der Waals surface area contributed by atoms with Gasteiger partial charge in [-0.3, -0.25) is 4.57 Å². The third-order valence-corrected chi connectivity index (χ3v) is 3.72. The first-order chi connectivity index (χ1) is 9.60. The van der Waals surface area contributed by atoms with E-state index in [1.54, 1.807) is 16.7 Å². The number of fused-ring (bicyclic) bond motifs is 1. The molecule has 0 aliphatic carbocycles. The monoisotopic (exact) mass is 328 g/mol. The van der Waals surface area contributed by atoms with E-state index in [9.17, 15) is 4.39 Å². The molecule has 0 saturated carbocycles. The molecule has 0 aliphatic rings. The highest BCUT2D eigenvalue weighted by atomic mass is 35.5. The van der Waals surface area contributed by atoms with Crippen LogP contribution in [0.5, 0.6) is 0 Å². The van der Waals surface area contributed by atoms with E-state index >= 15 is 0 Å². The number of nitrogens with zero attached hydrogens (tertiary/aromatic N) is 2. The lowest BCUT2D eigenvalue weighted by Crippen LogP contribution is -1.99. The molecule has 0 radical (unpaired) electrons. The Labute approximate surface area is 129 Å². The van der Waals surface area contributed by atoms with Crippen LogP contribution in [0.1, 0.15) is 5.82 Å². The Kier molecular flexibility index (Phi) is 3.59. The predicted octanol–water partition coefficient (Wildman–Crippen LogP) is 5.21. The van der Waals surface area contributed by atoms with Gasteiger partial charge in [0.15, 0.2) is 0 Å². The molecule has 0 aliphatic heterocycles. The van der Waals surface area contributed by atoms with Crippen molar-refractivity contribution in [3.8, 4) is 5.69 Å². The third-order valence-electron chi connectivity index (χ3n) is 2.95. The van der Waals surface area contributed by atoms with Crippen molar-refractivity contribution in [1.29, 1.82) is 0 Å². The summed E-state index contributed by atoms with van der Waals surface area (Å²) in [6, 6.07) is 10.0. The molecule has 102 valence electrons. The van der Waals surface area contributed by atoms with Crippen LogP contribution < -0.4 is 0 Å². The summed E-state index contributed by atoms with van der Waals surface area (Å²) in [5, 5.41) is 0.619. The molecule has 2 nitrogen and oxygen atoms in total. The molecule has 0 bridgehead atoms. The fourth-order valence-electron chi connectivity index (χ4n) is 2.12. The van der Waals surface area contributed by atoms with Gasteiger partial charge in [-0.2, -0.15) is 0 Å². The number of hydrogen-bond acceptors (Lipinski definition) is 1. The average molecular weight is 330 g/mol. The summed E-state index contributed by atoms with van der Waals surface area (Å²) in [4.78, 5) is 4.38. The highest BCUT2D eigenvalue weighted by molar-refractivity contribution is 6.31. The highest BCUT2D eigenvalue weighted by Crippen LogP contribution is 2.28. The quantitative estimate of drug-likeness (QED) is 0.590. The lowest BCUT2D eigenvalue weighted by molar-refractivity contribution is 0.629. The van der Waals surface area contributed by atoms with Crippen LogP contribution in [0.25, 0.3) is 16.7 Å². The second kappa shape index (κ2) is 5.24. The first-order valence-corrected chi connectivity index (χ1v) is 7.07. The van der Waals surface area contributed by atoms with Gasteiger partial charge in [-0.15, -0.1) is 11.6 Å². The van der Waals surface area contributed by atoms with Crippen molar-refractivity contribution in [1.82, 2.24) is 9.55 Å². The summed E-state index contributed by atoms with van der Waals surface area (Å²) in [6.45, 7) is 0. The first kappa shape index (κ1) is 13.7. The van der Waals surface area contributed by atoms with Crippen LogP contribution in [-0.4, -0.2) is 9.55 Å². The fourth-order valence-corrected chi connectivity index (χ4v) is 2.64. The summed E-state index contributed by atoms with van der Waals surface area (Å²) in [6.07, 6.45) is 0. The minimum atomic E-state index is -0.497. The molecule has 0 amide bonds. The normalized spacial score (nSPS) is 11.2. The van der Waals surface area contributed by atoms with Crippen LogP contribution in [0.2, 0.25) is 10.0 Å². The second-order valence-electron chi connectivity index (χ2n) is 4.23. The van der Waals surface area contributed by atoms with Crippen molar-refractivity contribution < 1.29 is 4.39 Å². The van der Waals surface area contributed by atoms with E-state index < -0.39 is 5.82 Å². The number of rotatable bonds is 2. The highest BCUT2D eigenvalue weighted by Gasteiger charge is 2.14. The van der Waals surface area contributed by atoms with Crippen molar-refractivity contribution >= 4 is 45.8 Å². The van der Waals surface area contributed by atoms with E-state index in [1.807, 2.05) is 12.1 Å². The van der Waals surface area contributed by atoms with Gasteiger partial charge in [-0.1, -0.05) is 29.3 Å². The van der Waals surface area contributed by atoms with E-state index in [-0.39, 0.29) is 10.9 Å². The van der Waals surface area contributed by atoms with E-state index in [0.717, 1.165) is 5.69 Å². The Morgan fingerprint density at radius 3 is 2.65 bits per heavy atom. The molecule has 0 fully saturated rings. The van der Waals surface area contributed by atoms with Crippen LogP contribution in [0, 0.1) is 5.82 Å². The standard InChI is InChI=1S/C14H8Cl3FN2/c15-7-14-19-12-5-10(17)11(18)6-13(12)20(14)9-3-1-2-8(16)4-9/h1-6H,7H2. The third kappa shape index (κ3) is 2.26. The Hall–Kier alpha value is -1.29. The number of hydrogen-bond donors (Lipinski definition) is 0. The topological polar surface area (TPSA) is 17.8 Å². The number of imidazole rings is 1. The van der Waals surface area contributed by atoms with Gasteiger partial charge in [-0.05, 0) is 24.3 Å². The van der Waals surface area contributed by atoms with Crippen molar-refractivity contribution in [2.45, 2.75) is 5.88 Å². The minimum Gasteiger partial charge on any atom is -0.295 e. The summed E-state index contributed by atoms with van der Waals surface area (Å²) < 4.78 is 15.5. The zero-order valence-corrected chi connectivity index (χ0v) is 12.3. The van der Waals surface area contributed by atoms with E-state index in [2.05, 4.69) is 4.98 Å². The van der Waals surface area contributed by atoms with Crippen molar-refractivity contribution in [2.24, 2.45) is 0 Å². The maximum atomic E-state index is 13.7. The SMILES string of the molecule is Fc1cc2c(cc1Cl)nc(CCl)n2-c1cccc(Cl)c1. The molecular formula is C14H8Cl3FN2. The largest absolute Gasteiger partial charge is 0.295 e. The molecule has 1 heterocycles. The van der Waals surface area contributed by atoms with E-state index in [0.29, 0.717) is 21.9 Å².